The summed E-state index contributed by atoms with van der Waals surface area (Å²) in [5.41, 5.74) is 0. The number of piperidine rings is 1. The average molecular weight is 195 g/mol. The second kappa shape index (κ2) is 4.63. The number of hydrogen-bond donors (Lipinski definition) is 0. The highest BCUT2D eigenvalue weighted by Crippen LogP contribution is 2.27. The summed E-state index contributed by atoms with van der Waals surface area (Å²) in [6.07, 6.45) is 3.81. The van der Waals surface area contributed by atoms with Crippen LogP contribution in [0.2, 0.25) is 0 Å². The maximum atomic E-state index is 11.6. The summed E-state index contributed by atoms with van der Waals surface area (Å²) >= 11 is 0. The zero-order chi connectivity index (χ0) is 10.7. The Balaban J connectivity index is 2.64. The topological polar surface area (TPSA) is 20.3 Å². The molecule has 0 bridgehead atoms. The van der Waals surface area contributed by atoms with Gasteiger partial charge in [0.2, 0.25) is 5.91 Å². The van der Waals surface area contributed by atoms with Crippen LogP contribution in [0.1, 0.15) is 33.6 Å². The quantitative estimate of drug-likeness (QED) is 0.620. The van der Waals surface area contributed by atoms with Crippen molar-refractivity contribution in [2.45, 2.75) is 39.7 Å². The van der Waals surface area contributed by atoms with E-state index < -0.39 is 0 Å². The first-order chi connectivity index (χ1) is 6.56. The van der Waals surface area contributed by atoms with Crippen LogP contribution in [0.3, 0.4) is 0 Å². The molecule has 0 spiro atoms. The maximum Gasteiger partial charge on any atom is 0.246 e. The van der Waals surface area contributed by atoms with Crippen LogP contribution < -0.4 is 0 Å². The molecule has 0 saturated carbocycles. The molecule has 2 atom stereocenters. The van der Waals surface area contributed by atoms with E-state index >= 15 is 0 Å². The van der Waals surface area contributed by atoms with Crippen molar-refractivity contribution < 1.29 is 4.79 Å². The van der Waals surface area contributed by atoms with Crippen molar-refractivity contribution in [1.82, 2.24) is 4.90 Å². The van der Waals surface area contributed by atoms with Crippen molar-refractivity contribution in [3.05, 3.63) is 12.7 Å². The second-order valence-corrected chi connectivity index (χ2v) is 4.63. The summed E-state index contributed by atoms with van der Waals surface area (Å²) in [7, 11) is 0. The van der Waals surface area contributed by atoms with Crippen LogP contribution in [-0.2, 0) is 4.79 Å². The predicted molar refractivity (Wildman–Crippen MR) is 58.9 cm³/mol. The number of carbonyl (C=O) groups excluding carboxylic acids is 1. The third kappa shape index (κ3) is 2.37. The molecule has 0 aliphatic carbocycles. The lowest BCUT2D eigenvalue weighted by atomic mass is 9.85. The maximum absolute atomic E-state index is 11.6. The lowest BCUT2D eigenvalue weighted by molar-refractivity contribution is -0.130. The molecule has 2 heteroatoms. The van der Waals surface area contributed by atoms with E-state index in [4.69, 9.17) is 0 Å². The van der Waals surface area contributed by atoms with Crippen molar-refractivity contribution in [2.75, 3.05) is 6.54 Å². The lowest BCUT2D eigenvalue weighted by Gasteiger charge is -2.39. The fourth-order valence-electron chi connectivity index (χ4n) is 2.10. The molecule has 1 unspecified atom stereocenters. The zero-order valence-electron chi connectivity index (χ0n) is 9.49. The second-order valence-electron chi connectivity index (χ2n) is 4.63. The summed E-state index contributed by atoms with van der Waals surface area (Å²) in [6, 6.07) is 0.385. The van der Waals surface area contributed by atoms with Gasteiger partial charge in [-0.3, -0.25) is 4.79 Å². The number of nitrogens with zero attached hydrogens (tertiary/aromatic N) is 1. The lowest BCUT2D eigenvalue weighted by Crippen LogP contribution is -2.45. The molecule has 0 aromatic carbocycles. The first kappa shape index (κ1) is 11.3. The molecule has 0 aromatic heterocycles. The highest BCUT2D eigenvalue weighted by Gasteiger charge is 2.28. The Kier molecular flexibility index (Phi) is 3.73. The standard InChI is InChI=1S/C12H21NO/c1-5-12(14)13-8-11(9(2)3)7-6-10(13)4/h5,9-11H,1,6-8H2,2-4H3/t10?,11-/m0/s1. The van der Waals surface area contributed by atoms with Gasteiger partial charge in [0.25, 0.3) is 0 Å². The largest absolute Gasteiger partial charge is 0.336 e. The predicted octanol–water partition coefficient (Wildman–Crippen LogP) is 2.46. The van der Waals surface area contributed by atoms with Gasteiger partial charge in [-0.05, 0) is 37.7 Å². The van der Waals surface area contributed by atoms with Crippen molar-refractivity contribution in [3.63, 3.8) is 0 Å². The minimum Gasteiger partial charge on any atom is -0.336 e. The molecular formula is C12H21NO. The number of rotatable bonds is 2. The summed E-state index contributed by atoms with van der Waals surface area (Å²) in [4.78, 5) is 13.5. The number of hydrogen-bond acceptors (Lipinski definition) is 1. The fourth-order valence-corrected chi connectivity index (χ4v) is 2.10. The number of likely N-dealkylation sites (tertiary alicyclic amines) is 1. The van der Waals surface area contributed by atoms with Crippen molar-refractivity contribution in [3.8, 4) is 0 Å². The first-order valence-corrected chi connectivity index (χ1v) is 5.49. The minimum atomic E-state index is 0.0860. The van der Waals surface area contributed by atoms with E-state index in [-0.39, 0.29) is 5.91 Å². The van der Waals surface area contributed by atoms with Gasteiger partial charge in [-0.15, -0.1) is 0 Å². The van der Waals surface area contributed by atoms with Gasteiger partial charge in [0, 0.05) is 12.6 Å². The van der Waals surface area contributed by atoms with E-state index in [2.05, 4.69) is 27.4 Å². The van der Waals surface area contributed by atoms with Crippen molar-refractivity contribution in [1.29, 1.82) is 0 Å². The summed E-state index contributed by atoms with van der Waals surface area (Å²) in [6.45, 7) is 11.0. The van der Waals surface area contributed by atoms with Gasteiger partial charge in [0.05, 0.1) is 0 Å². The third-order valence-electron chi connectivity index (χ3n) is 3.32. The Labute approximate surface area is 87.0 Å². The normalized spacial score (nSPS) is 27.9. The van der Waals surface area contributed by atoms with Crippen LogP contribution in [0.25, 0.3) is 0 Å². The number of carbonyl (C=O) groups is 1. The molecule has 2 nitrogen and oxygen atoms in total. The smallest absolute Gasteiger partial charge is 0.246 e. The minimum absolute atomic E-state index is 0.0860. The number of amides is 1. The molecule has 1 saturated heterocycles. The monoisotopic (exact) mass is 195 g/mol. The third-order valence-corrected chi connectivity index (χ3v) is 3.32. The van der Waals surface area contributed by atoms with Gasteiger partial charge in [0.1, 0.15) is 0 Å². The molecule has 0 N–H and O–H groups in total. The van der Waals surface area contributed by atoms with Gasteiger partial charge >= 0.3 is 0 Å². The van der Waals surface area contributed by atoms with E-state index in [1.54, 1.807) is 0 Å². The highest BCUT2D eigenvalue weighted by molar-refractivity contribution is 5.87. The van der Waals surface area contributed by atoms with E-state index in [0.717, 1.165) is 13.0 Å². The Morgan fingerprint density at radius 1 is 1.50 bits per heavy atom. The van der Waals surface area contributed by atoms with Crippen LogP contribution in [0.5, 0.6) is 0 Å². The molecule has 0 radical (unpaired) electrons. The molecule has 1 aliphatic heterocycles. The van der Waals surface area contributed by atoms with Gasteiger partial charge in [-0.2, -0.15) is 0 Å². The van der Waals surface area contributed by atoms with Crippen LogP contribution in [0.15, 0.2) is 12.7 Å². The van der Waals surface area contributed by atoms with Gasteiger partial charge in [-0.1, -0.05) is 20.4 Å². The van der Waals surface area contributed by atoms with E-state index in [9.17, 15) is 4.79 Å². The molecular weight excluding hydrogens is 174 g/mol. The van der Waals surface area contributed by atoms with Crippen molar-refractivity contribution in [2.24, 2.45) is 11.8 Å². The molecule has 1 rings (SSSR count). The molecule has 0 aromatic rings. The van der Waals surface area contributed by atoms with Crippen LogP contribution >= 0.6 is 0 Å². The molecule has 1 fully saturated rings. The fraction of sp³-hybridized carbons (Fsp3) is 0.750. The van der Waals surface area contributed by atoms with Crippen LogP contribution in [0, 0.1) is 11.8 Å². The summed E-state index contributed by atoms with van der Waals surface area (Å²) in [5.74, 6) is 1.42. The highest BCUT2D eigenvalue weighted by atomic mass is 16.2. The molecule has 14 heavy (non-hydrogen) atoms. The van der Waals surface area contributed by atoms with Crippen LogP contribution in [0.4, 0.5) is 0 Å². The van der Waals surface area contributed by atoms with Crippen LogP contribution in [-0.4, -0.2) is 23.4 Å². The first-order valence-electron chi connectivity index (χ1n) is 5.49. The average Bonchev–Trinajstić information content (AvgIpc) is 2.17. The Morgan fingerprint density at radius 2 is 2.14 bits per heavy atom. The van der Waals surface area contributed by atoms with Gasteiger partial charge < -0.3 is 4.90 Å². The van der Waals surface area contributed by atoms with E-state index in [0.29, 0.717) is 17.9 Å². The molecule has 80 valence electrons. The van der Waals surface area contributed by atoms with Gasteiger partial charge in [0.15, 0.2) is 0 Å². The van der Waals surface area contributed by atoms with Gasteiger partial charge in [-0.25, -0.2) is 0 Å². The Bertz CT molecular complexity index is 222. The Hall–Kier alpha value is -0.790. The van der Waals surface area contributed by atoms with Crippen molar-refractivity contribution >= 4 is 5.91 Å². The zero-order valence-corrected chi connectivity index (χ0v) is 9.49. The molecule has 1 amide bonds. The summed E-state index contributed by atoms with van der Waals surface area (Å²) in [5, 5.41) is 0. The molecule has 1 aliphatic rings. The molecule has 1 heterocycles. The Morgan fingerprint density at radius 3 is 2.64 bits per heavy atom. The summed E-state index contributed by atoms with van der Waals surface area (Å²) < 4.78 is 0. The SMILES string of the molecule is C=CC(=O)N1C[C@@H](C(C)C)CCC1C. The van der Waals surface area contributed by atoms with E-state index in [1.165, 1.54) is 12.5 Å². The van der Waals surface area contributed by atoms with E-state index in [1.807, 2.05) is 4.90 Å².